The van der Waals surface area contributed by atoms with Crippen molar-refractivity contribution in [2.24, 2.45) is 5.92 Å². The molecule has 3 heteroatoms. The van der Waals surface area contributed by atoms with Crippen molar-refractivity contribution >= 4 is 11.3 Å². The number of thiazole rings is 1. The maximum Gasteiger partial charge on any atom is 0.0801 e. The average molecular weight is 260 g/mol. The van der Waals surface area contributed by atoms with Gasteiger partial charge in [0.1, 0.15) is 0 Å². The van der Waals surface area contributed by atoms with Gasteiger partial charge < -0.3 is 5.32 Å². The van der Waals surface area contributed by atoms with E-state index >= 15 is 0 Å². The summed E-state index contributed by atoms with van der Waals surface area (Å²) in [6.07, 6.45) is 0. The molecule has 0 aliphatic rings. The Morgan fingerprint density at radius 2 is 1.83 bits per heavy atom. The number of hydrogen-bond donors (Lipinski definition) is 1. The van der Waals surface area contributed by atoms with Gasteiger partial charge in [-0.3, -0.25) is 0 Å². The summed E-state index contributed by atoms with van der Waals surface area (Å²) in [5.74, 6) is 0.589. The molecule has 0 spiro atoms. The van der Waals surface area contributed by atoms with Gasteiger partial charge in [-0.25, -0.2) is 4.98 Å². The lowest BCUT2D eigenvalue weighted by Gasteiger charge is -2.20. The summed E-state index contributed by atoms with van der Waals surface area (Å²) in [6, 6.07) is 9.25. The first-order valence-corrected chi connectivity index (χ1v) is 7.19. The van der Waals surface area contributed by atoms with Crippen LogP contribution in [0.1, 0.15) is 31.1 Å². The first kappa shape index (κ1) is 13.2. The minimum Gasteiger partial charge on any atom is -0.313 e. The molecule has 1 N–H and O–H groups in total. The summed E-state index contributed by atoms with van der Waals surface area (Å²) in [5, 5.41) is 3.37. The smallest absolute Gasteiger partial charge is 0.0801 e. The molecule has 2 aromatic rings. The number of aromatic nitrogens is 1. The number of rotatable bonds is 4. The van der Waals surface area contributed by atoms with Crippen molar-refractivity contribution in [2.75, 3.05) is 7.05 Å². The maximum absolute atomic E-state index is 4.30. The molecule has 0 aliphatic heterocycles. The average Bonchev–Trinajstić information content (AvgIpc) is 2.77. The Morgan fingerprint density at radius 3 is 2.28 bits per heavy atom. The van der Waals surface area contributed by atoms with Crippen LogP contribution in [0, 0.1) is 12.8 Å². The minimum absolute atomic E-state index is 0.418. The van der Waals surface area contributed by atoms with E-state index in [0.29, 0.717) is 12.0 Å². The fourth-order valence-corrected chi connectivity index (χ4v) is 3.12. The second-order valence-electron chi connectivity index (χ2n) is 4.90. The molecule has 1 aromatic heterocycles. The van der Waals surface area contributed by atoms with Crippen molar-refractivity contribution in [3.63, 3.8) is 0 Å². The summed E-state index contributed by atoms with van der Waals surface area (Å²) in [5.41, 5.74) is 5.63. The minimum atomic E-state index is 0.418. The maximum atomic E-state index is 4.30. The molecule has 0 amide bonds. The highest BCUT2D eigenvalue weighted by atomic mass is 32.1. The zero-order valence-electron chi connectivity index (χ0n) is 11.4. The first-order chi connectivity index (χ1) is 8.63. The monoisotopic (exact) mass is 260 g/mol. The van der Waals surface area contributed by atoms with Gasteiger partial charge in [-0.1, -0.05) is 38.1 Å². The number of nitrogens with one attached hydrogen (secondary N) is 1. The van der Waals surface area contributed by atoms with Crippen LogP contribution in [-0.2, 0) is 0 Å². The van der Waals surface area contributed by atoms with E-state index in [4.69, 9.17) is 0 Å². The fraction of sp³-hybridized carbons (Fsp3) is 0.400. The zero-order valence-corrected chi connectivity index (χ0v) is 12.2. The molecule has 96 valence electrons. The van der Waals surface area contributed by atoms with Gasteiger partial charge in [0.25, 0.3) is 0 Å². The van der Waals surface area contributed by atoms with Crippen LogP contribution < -0.4 is 5.32 Å². The van der Waals surface area contributed by atoms with Crippen LogP contribution >= 0.6 is 11.3 Å². The third-order valence-corrected chi connectivity index (χ3v) is 4.23. The quantitative estimate of drug-likeness (QED) is 0.897. The number of benzene rings is 1. The fourth-order valence-electron chi connectivity index (χ4n) is 2.31. The Hall–Kier alpha value is -1.19. The molecule has 18 heavy (non-hydrogen) atoms. The van der Waals surface area contributed by atoms with Crippen molar-refractivity contribution < 1.29 is 0 Å². The third-order valence-electron chi connectivity index (χ3n) is 3.26. The van der Waals surface area contributed by atoms with Gasteiger partial charge in [0.15, 0.2) is 0 Å². The summed E-state index contributed by atoms with van der Waals surface area (Å²) in [7, 11) is 2.02. The van der Waals surface area contributed by atoms with Gasteiger partial charge in [0.05, 0.1) is 16.1 Å². The van der Waals surface area contributed by atoms with Crippen molar-refractivity contribution in [3.8, 4) is 10.4 Å². The van der Waals surface area contributed by atoms with Gasteiger partial charge in [0, 0.05) is 6.04 Å². The van der Waals surface area contributed by atoms with E-state index in [1.165, 1.54) is 16.0 Å². The highest BCUT2D eigenvalue weighted by molar-refractivity contribution is 7.13. The van der Waals surface area contributed by atoms with Gasteiger partial charge >= 0.3 is 0 Å². The third kappa shape index (κ3) is 2.62. The van der Waals surface area contributed by atoms with Crippen LogP contribution in [0.4, 0.5) is 0 Å². The Kier molecular flexibility index (Phi) is 4.15. The summed E-state index contributed by atoms with van der Waals surface area (Å²) in [4.78, 5) is 5.57. The van der Waals surface area contributed by atoms with Gasteiger partial charge in [0.2, 0.25) is 0 Å². The second-order valence-corrected chi connectivity index (χ2v) is 5.75. The Labute approximate surface area is 113 Å². The SMILES string of the molecule is CNC(c1ccc(-c2scnc2C)cc1)C(C)C. The van der Waals surface area contributed by atoms with E-state index in [2.05, 4.69) is 55.3 Å². The topological polar surface area (TPSA) is 24.9 Å². The Bertz CT molecular complexity index is 499. The normalized spacial score (nSPS) is 12.9. The van der Waals surface area contributed by atoms with Crippen LogP contribution in [0.3, 0.4) is 0 Å². The van der Waals surface area contributed by atoms with Crippen molar-refractivity contribution in [1.82, 2.24) is 10.3 Å². The number of hydrogen-bond acceptors (Lipinski definition) is 3. The standard InChI is InChI=1S/C15H20N2S/c1-10(2)14(16-4)12-5-7-13(8-6-12)15-11(3)17-9-18-15/h5-10,14,16H,1-4H3. The molecule has 0 aliphatic carbocycles. The lowest BCUT2D eigenvalue weighted by Crippen LogP contribution is -2.21. The Morgan fingerprint density at radius 1 is 1.17 bits per heavy atom. The molecule has 2 rings (SSSR count). The molecule has 0 saturated heterocycles. The van der Waals surface area contributed by atoms with Crippen LogP contribution in [-0.4, -0.2) is 12.0 Å². The van der Waals surface area contributed by atoms with Crippen molar-refractivity contribution in [3.05, 3.63) is 41.0 Å². The second kappa shape index (κ2) is 5.63. The molecule has 0 bridgehead atoms. The molecule has 1 unspecified atom stereocenters. The van der Waals surface area contributed by atoms with Crippen LogP contribution in [0.5, 0.6) is 0 Å². The Balaban J connectivity index is 2.28. The summed E-state index contributed by atoms with van der Waals surface area (Å²) in [6.45, 7) is 6.54. The van der Waals surface area contributed by atoms with E-state index in [0.717, 1.165) is 5.69 Å². The van der Waals surface area contributed by atoms with Gasteiger partial charge in [-0.15, -0.1) is 11.3 Å². The summed E-state index contributed by atoms with van der Waals surface area (Å²) >= 11 is 1.70. The summed E-state index contributed by atoms with van der Waals surface area (Å²) < 4.78 is 0. The molecular formula is C15H20N2S. The zero-order chi connectivity index (χ0) is 13.1. The van der Waals surface area contributed by atoms with Crippen LogP contribution in [0.25, 0.3) is 10.4 Å². The molecular weight excluding hydrogens is 240 g/mol. The van der Waals surface area contributed by atoms with E-state index in [1.807, 2.05) is 12.6 Å². The lowest BCUT2D eigenvalue weighted by molar-refractivity contribution is 0.443. The molecule has 1 atom stereocenters. The molecule has 1 aromatic carbocycles. The van der Waals surface area contributed by atoms with E-state index in [-0.39, 0.29) is 0 Å². The van der Waals surface area contributed by atoms with Gasteiger partial charge in [-0.2, -0.15) is 0 Å². The van der Waals surface area contributed by atoms with Crippen molar-refractivity contribution in [2.45, 2.75) is 26.8 Å². The van der Waals surface area contributed by atoms with Gasteiger partial charge in [-0.05, 0) is 31.0 Å². The first-order valence-electron chi connectivity index (χ1n) is 6.31. The largest absolute Gasteiger partial charge is 0.313 e. The van der Waals surface area contributed by atoms with E-state index in [1.54, 1.807) is 11.3 Å². The van der Waals surface area contributed by atoms with E-state index in [9.17, 15) is 0 Å². The number of aryl methyl sites for hydroxylation is 1. The molecule has 0 fully saturated rings. The molecule has 0 radical (unpaired) electrons. The highest BCUT2D eigenvalue weighted by Gasteiger charge is 2.13. The predicted molar refractivity (Wildman–Crippen MR) is 78.9 cm³/mol. The van der Waals surface area contributed by atoms with Crippen molar-refractivity contribution in [1.29, 1.82) is 0 Å². The highest BCUT2D eigenvalue weighted by Crippen LogP contribution is 2.29. The van der Waals surface area contributed by atoms with Crippen LogP contribution in [0.15, 0.2) is 29.8 Å². The predicted octanol–water partition coefficient (Wildman–Crippen LogP) is 4.04. The lowest BCUT2D eigenvalue weighted by atomic mass is 9.95. The van der Waals surface area contributed by atoms with Crippen LogP contribution in [0.2, 0.25) is 0 Å². The molecule has 2 nitrogen and oxygen atoms in total. The molecule has 1 heterocycles. The molecule has 0 saturated carbocycles. The van der Waals surface area contributed by atoms with E-state index < -0.39 is 0 Å². The number of nitrogens with zero attached hydrogens (tertiary/aromatic N) is 1.